The van der Waals surface area contributed by atoms with Crippen LogP contribution in [0.15, 0.2) is 21.4 Å². The number of nitrogens with zero attached hydrogens (tertiary/aromatic N) is 2. The topological polar surface area (TPSA) is 64.9 Å². The Balaban J connectivity index is 2.96. The first-order chi connectivity index (χ1) is 5.29. The molecule has 0 aliphatic carbocycles. The molecule has 4 nitrogen and oxygen atoms in total. The molecule has 0 spiro atoms. The predicted octanol–water partition coefficient (Wildman–Crippen LogP) is 1.57. The van der Waals surface area contributed by atoms with Crippen molar-refractivity contribution in [3.8, 4) is 0 Å². The van der Waals surface area contributed by atoms with E-state index < -0.39 is 0 Å². The van der Waals surface area contributed by atoms with Gasteiger partial charge in [0, 0.05) is 12.3 Å². The zero-order chi connectivity index (χ0) is 7.84. The van der Waals surface area contributed by atoms with Crippen LogP contribution in [0.4, 0.5) is 5.82 Å². The van der Waals surface area contributed by atoms with Crippen LogP contribution in [0.5, 0.6) is 0 Å². The first kappa shape index (κ1) is 6.60. The van der Waals surface area contributed by atoms with E-state index in [0.29, 0.717) is 16.0 Å². The molecule has 0 aromatic carbocycles. The van der Waals surface area contributed by atoms with E-state index in [9.17, 15) is 0 Å². The first-order valence-corrected chi connectivity index (χ1v) is 3.73. The lowest BCUT2D eigenvalue weighted by Crippen LogP contribution is -1.84. The summed E-state index contributed by atoms with van der Waals surface area (Å²) in [6, 6.07) is 1.71. The van der Waals surface area contributed by atoms with Gasteiger partial charge >= 0.3 is 0 Å². The predicted molar refractivity (Wildman–Crippen MR) is 43.9 cm³/mol. The summed E-state index contributed by atoms with van der Waals surface area (Å²) in [5.41, 5.74) is 6.15. The molecule has 0 radical (unpaired) electrons. The molecule has 2 N–H and O–H groups in total. The number of hydrogen-bond acceptors (Lipinski definition) is 4. The minimum Gasteiger partial charge on any atom is -0.380 e. The van der Waals surface area contributed by atoms with Crippen molar-refractivity contribution in [1.29, 1.82) is 0 Å². The summed E-state index contributed by atoms with van der Waals surface area (Å²) in [6.07, 6.45) is 1.62. The fourth-order valence-electron chi connectivity index (χ4n) is 0.872. The molecule has 0 saturated carbocycles. The highest BCUT2D eigenvalue weighted by atomic mass is 79.9. The number of aromatic nitrogens is 2. The van der Waals surface area contributed by atoms with Crippen LogP contribution in [0, 0.1) is 0 Å². The summed E-state index contributed by atoms with van der Waals surface area (Å²) < 4.78 is 5.55. The number of anilines is 1. The van der Waals surface area contributed by atoms with E-state index in [2.05, 4.69) is 26.1 Å². The largest absolute Gasteiger partial charge is 0.380 e. The van der Waals surface area contributed by atoms with Gasteiger partial charge in [-0.2, -0.15) is 0 Å². The van der Waals surface area contributed by atoms with Crippen molar-refractivity contribution < 1.29 is 4.52 Å². The Bertz CT molecular complexity index is 398. The smallest absolute Gasteiger partial charge is 0.177 e. The average molecular weight is 214 g/mol. The molecular weight excluding hydrogens is 210 g/mol. The molecule has 0 unspecified atom stereocenters. The van der Waals surface area contributed by atoms with Crippen LogP contribution in [0.25, 0.3) is 11.0 Å². The third-order valence-electron chi connectivity index (χ3n) is 1.36. The maximum absolute atomic E-state index is 5.50. The van der Waals surface area contributed by atoms with Crippen LogP contribution in [-0.2, 0) is 0 Å². The summed E-state index contributed by atoms with van der Waals surface area (Å²) in [7, 11) is 0. The summed E-state index contributed by atoms with van der Waals surface area (Å²) in [5, 5.41) is 4.32. The van der Waals surface area contributed by atoms with Gasteiger partial charge < -0.3 is 10.3 Å². The van der Waals surface area contributed by atoms with E-state index >= 15 is 0 Å². The molecule has 56 valence electrons. The lowest BCUT2D eigenvalue weighted by Gasteiger charge is -1.88. The molecule has 2 heterocycles. The Labute approximate surface area is 70.5 Å². The minimum atomic E-state index is 0.361. The van der Waals surface area contributed by atoms with Gasteiger partial charge in [0.2, 0.25) is 0 Å². The molecule has 0 aliphatic rings. The van der Waals surface area contributed by atoms with Crippen molar-refractivity contribution in [2.24, 2.45) is 0 Å². The third-order valence-corrected chi connectivity index (χ3v) is 1.97. The highest BCUT2D eigenvalue weighted by molar-refractivity contribution is 9.10. The van der Waals surface area contributed by atoms with E-state index in [4.69, 9.17) is 10.3 Å². The van der Waals surface area contributed by atoms with Gasteiger partial charge in [-0.1, -0.05) is 5.16 Å². The Kier molecular flexibility index (Phi) is 1.32. The van der Waals surface area contributed by atoms with E-state index in [0.717, 1.165) is 5.39 Å². The summed E-state index contributed by atoms with van der Waals surface area (Å²) in [6.45, 7) is 0. The number of fused-ring (bicyclic) bond motifs is 1. The molecule has 2 rings (SSSR count). The lowest BCUT2D eigenvalue weighted by atomic mass is 10.3. The highest BCUT2D eigenvalue weighted by Gasteiger charge is 2.07. The molecule has 0 amide bonds. The Morgan fingerprint density at radius 3 is 3.09 bits per heavy atom. The molecule has 0 fully saturated rings. The molecule has 0 bridgehead atoms. The highest BCUT2D eigenvalue weighted by Crippen LogP contribution is 2.25. The number of hydrogen-bond donors (Lipinski definition) is 1. The van der Waals surface area contributed by atoms with E-state index in [-0.39, 0.29) is 0 Å². The molecule has 11 heavy (non-hydrogen) atoms. The maximum Gasteiger partial charge on any atom is 0.177 e. The summed E-state index contributed by atoms with van der Waals surface area (Å²) in [5.74, 6) is 0.361. The van der Waals surface area contributed by atoms with Gasteiger partial charge in [-0.3, -0.25) is 0 Å². The summed E-state index contributed by atoms with van der Waals surface area (Å²) >= 11 is 3.24. The number of rotatable bonds is 0. The Morgan fingerprint density at radius 1 is 1.55 bits per heavy atom. The van der Waals surface area contributed by atoms with Crippen LogP contribution < -0.4 is 5.73 Å². The van der Waals surface area contributed by atoms with Gasteiger partial charge in [0.25, 0.3) is 0 Å². The zero-order valence-corrected chi connectivity index (χ0v) is 7.00. The number of pyridine rings is 1. The van der Waals surface area contributed by atoms with Gasteiger partial charge in [-0.05, 0) is 15.9 Å². The van der Waals surface area contributed by atoms with E-state index in [1.54, 1.807) is 12.3 Å². The molecule has 0 atom stereocenters. The molecule has 0 aliphatic heterocycles. The molecule has 2 aromatic rings. The van der Waals surface area contributed by atoms with Crippen molar-refractivity contribution in [2.75, 3.05) is 5.73 Å². The monoisotopic (exact) mass is 213 g/mol. The first-order valence-electron chi connectivity index (χ1n) is 2.94. The normalized spacial score (nSPS) is 10.6. The van der Waals surface area contributed by atoms with Gasteiger partial charge in [-0.25, -0.2) is 4.98 Å². The number of halogens is 1. The van der Waals surface area contributed by atoms with Crippen LogP contribution in [0.2, 0.25) is 0 Å². The van der Waals surface area contributed by atoms with Crippen LogP contribution >= 0.6 is 15.9 Å². The minimum absolute atomic E-state index is 0.361. The lowest BCUT2D eigenvalue weighted by molar-refractivity contribution is 0.460. The SMILES string of the molecule is Nc1noc2ccnc(Br)c12. The van der Waals surface area contributed by atoms with Gasteiger partial charge in [0.15, 0.2) is 11.4 Å². The fraction of sp³-hybridized carbons (Fsp3) is 0. The summed E-state index contributed by atoms with van der Waals surface area (Å²) in [4.78, 5) is 3.98. The molecule has 2 aromatic heterocycles. The van der Waals surface area contributed by atoms with Crippen molar-refractivity contribution in [3.05, 3.63) is 16.9 Å². The second-order valence-corrected chi connectivity index (χ2v) is 2.79. The van der Waals surface area contributed by atoms with Crippen LogP contribution in [0.1, 0.15) is 0 Å². The second kappa shape index (κ2) is 2.20. The quantitative estimate of drug-likeness (QED) is 0.676. The molecule has 0 saturated heterocycles. The van der Waals surface area contributed by atoms with Crippen LogP contribution in [0.3, 0.4) is 0 Å². The van der Waals surface area contributed by atoms with E-state index in [1.807, 2.05) is 0 Å². The van der Waals surface area contributed by atoms with E-state index in [1.165, 1.54) is 0 Å². The standard InChI is InChI=1S/C6H4BrN3O/c7-5-4-3(1-2-9-5)11-10-6(4)8/h1-2H,(H2,8,10). The Hall–Kier alpha value is -1.10. The van der Waals surface area contributed by atoms with Crippen LogP contribution in [-0.4, -0.2) is 10.1 Å². The van der Waals surface area contributed by atoms with Gasteiger partial charge in [0.1, 0.15) is 4.60 Å². The third kappa shape index (κ3) is 0.883. The average Bonchev–Trinajstić information content (AvgIpc) is 2.34. The maximum atomic E-state index is 5.50. The van der Waals surface area contributed by atoms with Gasteiger partial charge in [0.05, 0.1) is 5.39 Å². The Morgan fingerprint density at radius 2 is 2.36 bits per heavy atom. The molecular formula is C6H4BrN3O. The van der Waals surface area contributed by atoms with Crippen molar-refractivity contribution in [3.63, 3.8) is 0 Å². The van der Waals surface area contributed by atoms with Crippen molar-refractivity contribution in [1.82, 2.24) is 10.1 Å². The fourth-order valence-corrected chi connectivity index (χ4v) is 1.39. The second-order valence-electron chi connectivity index (χ2n) is 2.04. The van der Waals surface area contributed by atoms with Crippen molar-refractivity contribution in [2.45, 2.75) is 0 Å². The zero-order valence-electron chi connectivity index (χ0n) is 5.41. The van der Waals surface area contributed by atoms with Gasteiger partial charge in [-0.15, -0.1) is 0 Å². The molecule has 5 heteroatoms. The van der Waals surface area contributed by atoms with Crippen molar-refractivity contribution >= 4 is 32.7 Å². The number of nitrogen functional groups attached to an aromatic ring is 1. The number of nitrogens with two attached hydrogens (primary N) is 1.